The molecule has 4 rings (SSSR count). The van der Waals surface area contributed by atoms with Gasteiger partial charge in [-0.25, -0.2) is 24.1 Å². The number of carbonyl (C=O) groups is 1. The van der Waals surface area contributed by atoms with E-state index in [1.165, 1.54) is 12.6 Å². The standard InChI is InChI=1S/C19H21ClFN7O/c20-12-8-13-14(10-23-16(13)22-9-12)17-24-11-15(21)18(25-17)26-27-19(29)28-6-4-2-1-3-5-7-28/h8-11H,1-7H2,(H,22,23)(H,27,29)(H,24,25,26). The average molecular weight is 418 g/mol. The molecule has 1 fully saturated rings. The normalized spacial score (nSPS) is 15.0. The van der Waals surface area contributed by atoms with Crippen LogP contribution >= 0.6 is 11.6 Å². The highest BCUT2D eigenvalue weighted by molar-refractivity contribution is 6.31. The number of pyridine rings is 1. The van der Waals surface area contributed by atoms with Crippen LogP contribution in [-0.4, -0.2) is 44.0 Å². The second-order valence-corrected chi connectivity index (χ2v) is 7.39. The van der Waals surface area contributed by atoms with Crippen molar-refractivity contribution in [1.29, 1.82) is 0 Å². The highest BCUT2D eigenvalue weighted by Gasteiger charge is 2.17. The first-order valence-corrected chi connectivity index (χ1v) is 9.96. The van der Waals surface area contributed by atoms with Gasteiger partial charge in [-0.2, -0.15) is 0 Å². The first-order chi connectivity index (χ1) is 14.1. The van der Waals surface area contributed by atoms with Crippen LogP contribution in [0.25, 0.3) is 22.4 Å². The van der Waals surface area contributed by atoms with E-state index in [1.807, 2.05) is 0 Å². The number of anilines is 1. The molecule has 0 radical (unpaired) electrons. The number of hydrogen-bond acceptors (Lipinski definition) is 5. The maximum atomic E-state index is 14.2. The second-order valence-electron chi connectivity index (χ2n) is 6.95. The second kappa shape index (κ2) is 8.60. The summed E-state index contributed by atoms with van der Waals surface area (Å²) in [6.45, 7) is 1.38. The van der Waals surface area contributed by atoms with Crippen molar-refractivity contribution in [2.75, 3.05) is 18.5 Å². The minimum Gasteiger partial charge on any atom is -0.345 e. The van der Waals surface area contributed by atoms with Crippen LogP contribution in [-0.2, 0) is 0 Å². The van der Waals surface area contributed by atoms with Crippen LogP contribution in [0, 0.1) is 5.82 Å². The lowest BCUT2D eigenvalue weighted by atomic mass is 10.1. The van der Waals surface area contributed by atoms with Crippen molar-refractivity contribution in [1.82, 2.24) is 30.3 Å². The fraction of sp³-hybridized carbons (Fsp3) is 0.368. The lowest BCUT2D eigenvalue weighted by Crippen LogP contribution is -2.44. The Hall–Kier alpha value is -2.94. The quantitative estimate of drug-likeness (QED) is 0.557. The fourth-order valence-electron chi connectivity index (χ4n) is 3.39. The molecule has 0 saturated carbocycles. The van der Waals surface area contributed by atoms with E-state index in [0.29, 0.717) is 29.3 Å². The number of rotatable bonds is 3. The molecule has 3 aromatic rings. The number of nitrogens with zero attached hydrogens (tertiary/aromatic N) is 4. The number of halogens is 2. The summed E-state index contributed by atoms with van der Waals surface area (Å²) in [5.41, 5.74) is 6.39. The van der Waals surface area contributed by atoms with E-state index in [1.54, 1.807) is 17.2 Å². The molecule has 0 aromatic carbocycles. The van der Waals surface area contributed by atoms with Crippen LogP contribution in [0.3, 0.4) is 0 Å². The van der Waals surface area contributed by atoms with Crippen LogP contribution < -0.4 is 10.9 Å². The number of likely N-dealkylation sites (tertiary alicyclic amines) is 1. The maximum absolute atomic E-state index is 14.2. The molecule has 29 heavy (non-hydrogen) atoms. The van der Waals surface area contributed by atoms with E-state index in [4.69, 9.17) is 11.6 Å². The Morgan fingerprint density at radius 3 is 2.69 bits per heavy atom. The van der Waals surface area contributed by atoms with E-state index in [-0.39, 0.29) is 17.7 Å². The zero-order valence-corrected chi connectivity index (χ0v) is 16.5. The van der Waals surface area contributed by atoms with Crippen molar-refractivity contribution in [2.45, 2.75) is 32.1 Å². The third-order valence-electron chi connectivity index (χ3n) is 4.91. The Balaban J connectivity index is 1.51. The molecular weight excluding hydrogens is 397 g/mol. The number of aromatic amines is 1. The number of urea groups is 1. The molecule has 1 aliphatic heterocycles. The van der Waals surface area contributed by atoms with Crippen molar-refractivity contribution in [3.05, 3.63) is 35.5 Å². The van der Waals surface area contributed by atoms with Gasteiger partial charge in [-0.1, -0.05) is 30.9 Å². The summed E-state index contributed by atoms with van der Waals surface area (Å²) in [7, 11) is 0. The number of aromatic nitrogens is 4. The number of nitrogens with one attached hydrogen (secondary N) is 3. The van der Waals surface area contributed by atoms with Gasteiger partial charge in [-0.3, -0.25) is 10.9 Å². The molecule has 4 heterocycles. The molecule has 3 N–H and O–H groups in total. The minimum atomic E-state index is -0.669. The summed E-state index contributed by atoms with van der Waals surface area (Å²) in [4.78, 5) is 29.7. The van der Waals surface area contributed by atoms with Crippen LogP contribution in [0.1, 0.15) is 32.1 Å². The molecular formula is C19H21ClFN7O. The first kappa shape index (κ1) is 19.4. The first-order valence-electron chi connectivity index (χ1n) is 9.58. The van der Waals surface area contributed by atoms with Crippen LogP contribution in [0.4, 0.5) is 15.0 Å². The number of fused-ring (bicyclic) bond motifs is 1. The summed E-state index contributed by atoms with van der Waals surface area (Å²) >= 11 is 6.03. The van der Waals surface area contributed by atoms with Crippen molar-refractivity contribution >= 4 is 34.5 Å². The topological polar surface area (TPSA) is 98.8 Å². The third-order valence-corrected chi connectivity index (χ3v) is 5.12. The Kier molecular flexibility index (Phi) is 5.75. The van der Waals surface area contributed by atoms with Gasteiger partial charge in [-0.05, 0) is 18.9 Å². The SMILES string of the molecule is O=C(NNc1nc(-c2c[nH]c3ncc(Cl)cc23)ncc1F)N1CCCCCCC1. The van der Waals surface area contributed by atoms with Gasteiger partial charge in [0.1, 0.15) is 5.65 Å². The van der Waals surface area contributed by atoms with Gasteiger partial charge in [0.15, 0.2) is 17.5 Å². The summed E-state index contributed by atoms with van der Waals surface area (Å²) in [5, 5.41) is 1.19. The molecule has 0 aliphatic carbocycles. The molecule has 2 amide bonds. The molecule has 8 nitrogen and oxygen atoms in total. The minimum absolute atomic E-state index is 0.111. The molecule has 1 saturated heterocycles. The summed E-state index contributed by atoms with van der Waals surface area (Å²) in [6, 6.07) is 1.44. The van der Waals surface area contributed by atoms with Crippen LogP contribution in [0.2, 0.25) is 5.02 Å². The van der Waals surface area contributed by atoms with E-state index in [2.05, 4.69) is 30.8 Å². The molecule has 0 bridgehead atoms. The third kappa shape index (κ3) is 4.40. The van der Waals surface area contributed by atoms with E-state index in [0.717, 1.165) is 37.3 Å². The number of hydrazine groups is 1. The summed E-state index contributed by atoms with van der Waals surface area (Å²) in [6.07, 6.45) is 9.65. The van der Waals surface area contributed by atoms with Gasteiger partial charge in [0.2, 0.25) is 0 Å². The monoisotopic (exact) mass is 417 g/mol. The number of hydrogen-bond donors (Lipinski definition) is 3. The lowest BCUT2D eigenvalue weighted by molar-refractivity contribution is 0.194. The Morgan fingerprint density at radius 2 is 1.90 bits per heavy atom. The van der Waals surface area contributed by atoms with E-state index < -0.39 is 5.82 Å². The molecule has 0 spiro atoms. The lowest BCUT2D eigenvalue weighted by Gasteiger charge is -2.25. The zero-order valence-electron chi connectivity index (χ0n) is 15.7. The van der Waals surface area contributed by atoms with Crippen LogP contribution in [0.15, 0.2) is 24.7 Å². The van der Waals surface area contributed by atoms with Gasteiger partial charge in [0.05, 0.1) is 11.2 Å². The average Bonchev–Trinajstić information content (AvgIpc) is 3.10. The van der Waals surface area contributed by atoms with Crippen molar-refractivity contribution in [3.8, 4) is 11.4 Å². The number of carbonyl (C=O) groups excluding carboxylic acids is 1. The Bertz CT molecular complexity index is 1020. The smallest absolute Gasteiger partial charge is 0.336 e. The predicted octanol–water partition coefficient (Wildman–Crippen LogP) is 4.12. The molecule has 1 aliphatic rings. The molecule has 10 heteroatoms. The fourth-order valence-corrected chi connectivity index (χ4v) is 3.55. The van der Waals surface area contributed by atoms with Crippen molar-refractivity contribution in [2.24, 2.45) is 0 Å². The summed E-state index contributed by atoms with van der Waals surface area (Å²) < 4.78 is 14.2. The maximum Gasteiger partial charge on any atom is 0.336 e. The van der Waals surface area contributed by atoms with Gasteiger partial charge in [-0.15, -0.1) is 0 Å². The van der Waals surface area contributed by atoms with E-state index in [9.17, 15) is 9.18 Å². The molecule has 3 aromatic heterocycles. The number of amides is 2. The zero-order chi connectivity index (χ0) is 20.2. The van der Waals surface area contributed by atoms with Gasteiger partial charge in [0, 0.05) is 36.4 Å². The summed E-state index contributed by atoms with van der Waals surface area (Å²) in [5.74, 6) is -0.498. The van der Waals surface area contributed by atoms with E-state index >= 15 is 0 Å². The van der Waals surface area contributed by atoms with Gasteiger partial charge in [0.25, 0.3) is 0 Å². The molecule has 152 valence electrons. The van der Waals surface area contributed by atoms with Crippen molar-refractivity contribution < 1.29 is 9.18 Å². The highest BCUT2D eigenvalue weighted by Crippen LogP contribution is 2.28. The number of H-pyrrole nitrogens is 1. The molecule has 0 unspecified atom stereocenters. The van der Waals surface area contributed by atoms with Crippen molar-refractivity contribution in [3.63, 3.8) is 0 Å². The van der Waals surface area contributed by atoms with Gasteiger partial charge >= 0.3 is 6.03 Å². The largest absolute Gasteiger partial charge is 0.345 e. The predicted molar refractivity (Wildman–Crippen MR) is 109 cm³/mol. The molecule has 0 atom stereocenters. The van der Waals surface area contributed by atoms with Crippen LogP contribution in [0.5, 0.6) is 0 Å². The van der Waals surface area contributed by atoms with Gasteiger partial charge < -0.3 is 9.88 Å². The Labute approximate surface area is 171 Å². The highest BCUT2D eigenvalue weighted by atomic mass is 35.5. The Morgan fingerprint density at radius 1 is 1.14 bits per heavy atom.